The highest BCUT2D eigenvalue weighted by Crippen LogP contribution is 2.29. The van der Waals surface area contributed by atoms with Crippen LogP contribution in [0.2, 0.25) is 0 Å². The molecule has 0 fully saturated rings. The summed E-state index contributed by atoms with van der Waals surface area (Å²) in [6.07, 6.45) is 0. The first-order chi connectivity index (χ1) is 10.2. The van der Waals surface area contributed by atoms with E-state index in [1.807, 2.05) is 19.9 Å². The zero-order valence-corrected chi connectivity index (χ0v) is 13.6. The second kappa shape index (κ2) is 5.49. The van der Waals surface area contributed by atoms with Gasteiger partial charge in [0.15, 0.2) is 0 Å². The van der Waals surface area contributed by atoms with Gasteiger partial charge in [-0.3, -0.25) is 4.31 Å². The molecule has 0 radical (unpaired) electrons. The molecule has 0 aliphatic heterocycles. The molecule has 0 bridgehead atoms. The van der Waals surface area contributed by atoms with Crippen LogP contribution in [0.5, 0.6) is 0 Å². The van der Waals surface area contributed by atoms with Crippen LogP contribution in [-0.2, 0) is 10.0 Å². The normalized spacial score (nSPS) is 11.5. The van der Waals surface area contributed by atoms with Crippen molar-refractivity contribution in [1.29, 1.82) is 0 Å². The Morgan fingerprint density at radius 1 is 1.23 bits per heavy atom. The van der Waals surface area contributed by atoms with Gasteiger partial charge in [-0.25, -0.2) is 13.2 Å². The fourth-order valence-electron chi connectivity index (χ4n) is 2.18. The monoisotopic (exact) mass is 323 g/mol. The third-order valence-corrected chi connectivity index (χ3v) is 5.52. The number of carboxylic acid groups (broad SMARTS) is 1. The van der Waals surface area contributed by atoms with Gasteiger partial charge in [0, 0.05) is 13.1 Å². The summed E-state index contributed by atoms with van der Waals surface area (Å²) >= 11 is 0. The molecule has 22 heavy (non-hydrogen) atoms. The van der Waals surface area contributed by atoms with Gasteiger partial charge in [-0.05, 0) is 38.0 Å². The van der Waals surface area contributed by atoms with E-state index in [1.54, 1.807) is 12.1 Å². The van der Waals surface area contributed by atoms with Gasteiger partial charge >= 0.3 is 5.97 Å². The van der Waals surface area contributed by atoms with Crippen molar-refractivity contribution in [2.45, 2.75) is 25.7 Å². The summed E-state index contributed by atoms with van der Waals surface area (Å²) in [6, 6.07) is 6.40. The van der Waals surface area contributed by atoms with Gasteiger partial charge in [0.2, 0.25) is 5.76 Å². The number of aryl methyl sites for hydroxylation is 2. The molecule has 0 saturated carbocycles. The summed E-state index contributed by atoms with van der Waals surface area (Å²) in [5.74, 6) is -1.65. The van der Waals surface area contributed by atoms with Crippen molar-refractivity contribution in [3.63, 3.8) is 0 Å². The number of anilines is 1. The van der Waals surface area contributed by atoms with Crippen LogP contribution >= 0.6 is 0 Å². The second-order valence-electron chi connectivity index (χ2n) is 5.03. The molecular formula is C15H17NO5S. The molecule has 0 atom stereocenters. The van der Waals surface area contributed by atoms with Gasteiger partial charge in [0.05, 0.1) is 5.69 Å². The minimum atomic E-state index is -3.90. The fraction of sp³-hybridized carbons (Fsp3) is 0.267. The molecule has 0 spiro atoms. The predicted octanol–water partition coefficient (Wildman–Crippen LogP) is 2.73. The van der Waals surface area contributed by atoms with Crippen molar-refractivity contribution >= 4 is 21.7 Å². The molecule has 0 unspecified atom stereocenters. The quantitative estimate of drug-likeness (QED) is 0.934. The summed E-state index contributed by atoms with van der Waals surface area (Å²) in [5.41, 5.74) is 2.35. The topological polar surface area (TPSA) is 87.8 Å². The maximum Gasteiger partial charge on any atom is 0.371 e. The molecule has 2 rings (SSSR count). The summed E-state index contributed by atoms with van der Waals surface area (Å²) in [5, 5.41) is 8.92. The maximum atomic E-state index is 12.7. The van der Waals surface area contributed by atoms with Crippen LogP contribution < -0.4 is 4.31 Å². The zero-order valence-electron chi connectivity index (χ0n) is 12.7. The average molecular weight is 323 g/mol. The number of hydrogen-bond donors (Lipinski definition) is 1. The lowest BCUT2D eigenvalue weighted by molar-refractivity contribution is 0.0661. The molecule has 0 amide bonds. The van der Waals surface area contributed by atoms with Gasteiger partial charge < -0.3 is 9.52 Å². The lowest BCUT2D eigenvalue weighted by Gasteiger charge is -2.21. The van der Waals surface area contributed by atoms with Crippen LogP contribution in [0.3, 0.4) is 0 Å². The van der Waals surface area contributed by atoms with E-state index in [0.29, 0.717) is 5.69 Å². The van der Waals surface area contributed by atoms with E-state index in [1.165, 1.54) is 14.0 Å². The highest BCUT2D eigenvalue weighted by atomic mass is 32.2. The van der Waals surface area contributed by atoms with E-state index in [0.717, 1.165) is 21.5 Å². The molecular weight excluding hydrogens is 306 g/mol. The Hall–Kier alpha value is -2.28. The number of nitrogens with zero attached hydrogens (tertiary/aromatic N) is 1. The highest BCUT2D eigenvalue weighted by molar-refractivity contribution is 7.92. The maximum absolute atomic E-state index is 12.7. The molecule has 1 aromatic heterocycles. The van der Waals surface area contributed by atoms with Crippen molar-refractivity contribution in [2.75, 3.05) is 11.4 Å². The third-order valence-electron chi connectivity index (χ3n) is 3.64. The van der Waals surface area contributed by atoms with Gasteiger partial charge in [0.25, 0.3) is 10.0 Å². The van der Waals surface area contributed by atoms with E-state index in [4.69, 9.17) is 9.52 Å². The SMILES string of the molecule is Cc1cccc(N(C)S(=O)(=O)c2cc(C(=O)O)oc2C)c1C. The number of furan rings is 1. The Bertz CT molecular complexity index is 836. The molecule has 0 aliphatic rings. The van der Waals surface area contributed by atoms with Crippen LogP contribution in [-0.4, -0.2) is 26.5 Å². The molecule has 118 valence electrons. The Balaban J connectivity index is 2.55. The van der Waals surface area contributed by atoms with Crippen LogP contribution in [0.1, 0.15) is 27.4 Å². The Kier molecular flexibility index (Phi) is 4.02. The van der Waals surface area contributed by atoms with Gasteiger partial charge in [0.1, 0.15) is 10.7 Å². The second-order valence-corrected chi connectivity index (χ2v) is 6.97. The van der Waals surface area contributed by atoms with Crippen molar-refractivity contribution in [1.82, 2.24) is 0 Å². The first kappa shape index (κ1) is 16.1. The Morgan fingerprint density at radius 2 is 1.86 bits per heavy atom. The van der Waals surface area contributed by atoms with Gasteiger partial charge in [-0.15, -0.1) is 0 Å². The molecule has 0 aliphatic carbocycles. The molecule has 6 nitrogen and oxygen atoms in total. The van der Waals surface area contributed by atoms with Crippen LogP contribution in [0.25, 0.3) is 0 Å². The minimum absolute atomic E-state index is 0.0505. The van der Waals surface area contributed by atoms with E-state index in [2.05, 4.69) is 0 Å². The molecule has 1 heterocycles. The fourth-order valence-corrected chi connectivity index (χ4v) is 3.59. The third kappa shape index (κ3) is 2.59. The smallest absolute Gasteiger partial charge is 0.371 e. The molecule has 1 N–H and O–H groups in total. The van der Waals surface area contributed by atoms with Crippen LogP contribution in [0.4, 0.5) is 5.69 Å². The minimum Gasteiger partial charge on any atom is -0.475 e. The van der Waals surface area contributed by atoms with E-state index in [-0.39, 0.29) is 10.7 Å². The summed E-state index contributed by atoms with van der Waals surface area (Å²) in [7, 11) is -2.46. The van der Waals surface area contributed by atoms with Gasteiger partial charge in [-0.2, -0.15) is 0 Å². The highest BCUT2D eigenvalue weighted by Gasteiger charge is 2.28. The lowest BCUT2D eigenvalue weighted by atomic mass is 10.1. The van der Waals surface area contributed by atoms with E-state index in [9.17, 15) is 13.2 Å². The molecule has 1 aromatic carbocycles. The van der Waals surface area contributed by atoms with Gasteiger partial charge in [-0.1, -0.05) is 12.1 Å². The van der Waals surface area contributed by atoms with E-state index >= 15 is 0 Å². The summed E-state index contributed by atoms with van der Waals surface area (Å²) in [6.45, 7) is 5.16. The largest absolute Gasteiger partial charge is 0.475 e. The number of hydrogen-bond acceptors (Lipinski definition) is 4. The number of rotatable bonds is 4. The molecule has 7 heteroatoms. The number of carboxylic acids is 1. The predicted molar refractivity (Wildman–Crippen MR) is 81.9 cm³/mol. The number of sulfonamides is 1. The van der Waals surface area contributed by atoms with E-state index < -0.39 is 21.8 Å². The Labute approximate surface area is 129 Å². The molecule has 2 aromatic rings. The Morgan fingerprint density at radius 3 is 2.41 bits per heavy atom. The number of benzene rings is 1. The van der Waals surface area contributed by atoms with Crippen molar-refractivity contribution in [3.8, 4) is 0 Å². The van der Waals surface area contributed by atoms with Crippen LogP contribution in [0, 0.1) is 20.8 Å². The van der Waals surface area contributed by atoms with Crippen molar-refractivity contribution in [3.05, 3.63) is 46.9 Å². The zero-order chi connectivity index (χ0) is 16.7. The van der Waals surface area contributed by atoms with Crippen molar-refractivity contribution < 1.29 is 22.7 Å². The van der Waals surface area contributed by atoms with Crippen LogP contribution in [0.15, 0.2) is 33.6 Å². The number of aromatic carboxylic acids is 1. The summed E-state index contributed by atoms with van der Waals surface area (Å²) in [4.78, 5) is 10.8. The standard InChI is InChI=1S/C15H17NO5S/c1-9-6-5-7-12(10(9)2)16(4)22(19,20)14-8-13(15(17)18)21-11(14)3/h5-8H,1-4H3,(H,17,18). The lowest BCUT2D eigenvalue weighted by Crippen LogP contribution is -2.27. The summed E-state index contributed by atoms with van der Waals surface area (Å²) < 4.78 is 31.6. The average Bonchev–Trinajstić information content (AvgIpc) is 2.84. The van der Waals surface area contributed by atoms with Crippen molar-refractivity contribution in [2.24, 2.45) is 0 Å². The first-order valence-electron chi connectivity index (χ1n) is 6.55. The number of carbonyl (C=O) groups is 1. The molecule has 0 saturated heterocycles. The first-order valence-corrected chi connectivity index (χ1v) is 7.99.